The van der Waals surface area contributed by atoms with E-state index in [0.717, 1.165) is 73.3 Å². The Labute approximate surface area is 802 Å². The maximum absolute atomic E-state index is 14.7. The van der Waals surface area contributed by atoms with Gasteiger partial charge in [0.1, 0.15) is 54.4 Å². The number of carbonyl (C=O) groups is 6. The Hall–Kier alpha value is -7.19. The molecule has 1 saturated carbocycles. The van der Waals surface area contributed by atoms with Crippen molar-refractivity contribution in [3.63, 3.8) is 0 Å². The van der Waals surface area contributed by atoms with Crippen LogP contribution in [0.5, 0.6) is 5.75 Å². The number of hydrogen-bond donors (Lipinski definition) is 3. The summed E-state index contributed by atoms with van der Waals surface area (Å²) in [5.41, 5.74) is 10.9. The average Bonchev–Trinajstić information content (AvgIpc) is 0.791. The Kier molecular flexibility index (Phi) is 54.0. The third kappa shape index (κ3) is 38.9. The van der Waals surface area contributed by atoms with Crippen LogP contribution in [0.3, 0.4) is 0 Å². The standard InChI is InChI=1S/C57H91NO14S.C29H33N3O6S.C16H34O6/c1-35-19-14-13-15-20-36(2)46(66-9)33-43-25-23-41(7)57(64,72-43)54(61)55(62)58-27-17-16-21-44(58)56(63)71-48(34-47(67-10)37(3)30-40(6)52(60)53(69-12)51(59)39(5)29-35)38(4)31-42-24-26-45(49(32-42)68-11)70-50(73)22-18-28-65-8;1-20-16-25(39(35,36)15-3-4-24(33)11-13-37-2)7-8-26(20)29(34)32-12-14-38-27-9-5-21(17-23(27)19-32)22-6-10-28(30)31-18-22;1-3-5-17-7-9-19-11-13-21-15-16-22-14-12-20-10-8-18-6-4-2/h13-15,19-20,30,35,37-39,41-49,52-53,60,64H,16-18,21-29,31-34H2,1-12H3;5-10,16-18H,3-4,11-15,19H2,1-2H3,(H2,30,31);3-16H2,1-2H3/b15-13+,19-14+,36-20+,40-30+;;/t35-,37-,38-,39-,41-,42+,43+,44+,45-,46+,47-,48+,49-,52-,53+,57-;;/m1../s1. The zero-order valence-electron chi connectivity index (χ0n) is 82.6. The molecule has 3 fully saturated rings. The van der Waals surface area contributed by atoms with Crippen molar-refractivity contribution in [3.8, 4) is 16.9 Å². The molecular formula is C102H158N4O26S2. The van der Waals surface area contributed by atoms with Crippen LogP contribution in [0, 0.1) is 42.4 Å². The fourth-order valence-corrected chi connectivity index (χ4v) is 18.9. The molecule has 1 aliphatic carbocycles. The van der Waals surface area contributed by atoms with E-state index in [4.69, 9.17) is 93.7 Å². The van der Waals surface area contributed by atoms with Crippen LogP contribution in [0.25, 0.3) is 11.1 Å². The number of ketones is 3. The number of nitrogens with zero attached hydrogens (tertiary/aromatic N) is 3. The summed E-state index contributed by atoms with van der Waals surface area (Å²) in [7, 11) is 5.89. The van der Waals surface area contributed by atoms with Gasteiger partial charge < -0.3 is 102 Å². The van der Waals surface area contributed by atoms with Gasteiger partial charge in [0.05, 0.1) is 114 Å². The normalized spacial score (nSPS) is 26.5. The maximum Gasteiger partial charge on any atom is 0.329 e. The van der Waals surface area contributed by atoms with Crippen molar-refractivity contribution in [1.29, 1.82) is 0 Å². The minimum Gasteiger partial charge on any atom is -0.491 e. The van der Waals surface area contributed by atoms with Gasteiger partial charge >= 0.3 is 5.97 Å². The van der Waals surface area contributed by atoms with Gasteiger partial charge in [-0.05, 0) is 205 Å². The maximum atomic E-state index is 14.7. The number of nitrogen functional groups attached to an aromatic ring is 1. The van der Waals surface area contributed by atoms with Crippen LogP contribution in [0.2, 0.25) is 0 Å². The Morgan fingerprint density at radius 2 is 1.31 bits per heavy atom. The molecule has 5 heterocycles. The lowest BCUT2D eigenvalue weighted by molar-refractivity contribution is -0.265. The summed E-state index contributed by atoms with van der Waals surface area (Å²) >= 11 is 5.56. The fourth-order valence-electron chi connectivity index (χ4n) is 17.2. The number of ether oxygens (including phenoxy) is 16. The molecule has 2 saturated heterocycles. The van der Waals surface area contributed by atoms with Crippen LogP contribution in [-0.4, -0.2) is 295 Å². The number of fused-ring (bicyclic) bond motifs is 4. The molecule has 2 bridgehead atoms. The highest BCUT2D eigenvalue weighted by Crippen LogP contribution is 2.40. The number of aliphatic hydroxyl groups is 2. The first-order valence-corrected chi connectivity index (χ1v) is 50.1. The van der Waals surface area contributed by atoms with Crippen molar-refractivity contribution in [2.24, 2.45) is 35.5 Å². The van der Waals surface area contributed by atoms with Crippen molar-refractivity contribution in [3.05, 3.63) is 119 Å². The van der Waals surface area contributed by atoms with Crippen molar-refractivity contribution < 1.29 is 123 Å². The number of thiocarbonyl (C=S) groups is 1. The highest BCUT2D eigenvalue weighted by atomic mass is 32.2. The van der Waals surface area contributed by atoms with Crippen LogP contribution < -0.4 is 10.5 Å². The van der Waals surface area contributed by atoms with Gasteiger partial charge in [0.2, 0.25) is 5.79 Å². The van der Waals surface area contributed by atoms with Crippen molar-refractivity contribution >= 4 is 68.1 Å². The lowest BCUT2D eigenvalue weighted by atomic mass is 9.78. The van der Waals surface area contributed by atoms with Gasteiger partial charge in [-0.1, -0.05) is 91.0 Å². The number of hydrogen-bond acceptors (Lipinski definition) is 29. The number of rotatable bonds is 41. The third-order valence-corrected chi connectivity index (χ3v) is 27.3. The number of anilines is 1. The van der Waals surface area contributed by atoms with E-state index < -0.39 is 87.8 Å². The highest BCUT2D eigenvalue weighted by Gasteiger charge is 2.53. The van der Waals surface area contributed by atoms with E-state index in [0.29, 0.717) is 184 Å². The number of aryl methyl sites for hydroxylation is 1. The van der Waals surface area contributed by atoms with Crippen molar-refractivity contribution in [2.45, 2.75) is 263 Å². The summed E-state index contributed by atoms with van der Waals surface area (Å²) in [6.07, 6.45) is 19.1. The summed E-state index contributed by atoms with van der Waals surface area (Å²) in [5, 5.41) is 24.3. The SMILES string of the molecule is CCCOCCOCCOCCOCCOCCOCCC.COCCC(=O)CCCS(=O)(=O)c1ccc(C(=O)N2CCOc3ccc(-c4ccc(N)nc4)cc3C2)c(C)c1.COCCCC(=S)O[C@@H]1CC[C@@H](C[C@@H](C)[C@@H]2C[C@@H](OC)[C@H](C)/C=C(\C)[C@@H](O)[C@@H](OC)C(=O)[C@H](C)C[C@H](C)/C=C/C=C/C=C(\C)[C@@H](OC)C[C@@H]3CC[C@@H](C)[C@@](O)(O3)C(=O)C(=O)N3CCCC[C@H]3C(=O)O2)C[C@H]1OC. The summed E-state index contributed by atoms with van der Waals surface area (Å²) in [6.45, 7) is 29.0. The first kappa shape index (κ1) is 116. The Morgan fingerprint density at radius 3 is 1.92 bits per heavy atom. The summed E-state index contributed by atoms with van der Waals surface area (Å²) in [4.78, 5) is 90.0. The van der Waals surface area contributed by atoms with Gasteiger partial charge in [-0.25, -0.2) is 18.2 Å². The number of cyclic esters (lactones) is 1. The van der Waals surface area contributed by atoms with Gasteiger partial charge in [-0.2, -0.15) is 0 Å². The molecule has 754 valence electrons. The Bertz CT molecular complexity index is 4240. The average molecular weight is 1920 g/mol. The molecule has 8 rings (SSSR count). The minimum atomic E-state index is -3.59. The van der Waals surface area contributed by atoms with E-state index in [1.54, 1.807) is 72.4 Å². The molecule has 32 heteroatoms. The van der Waals surface area contributed by atoms with E-state index >= 15 is 0 Å². The monoisotopic (exact) mass is 1920 g/mol. The lowest BCUT2D eigenvalue weighted by Crippen LogP contribution is -2.61. The molecule has 3 aromatic rings. The number of methoxy groups -OCH3 is 6. The molecule has 30 nitrogen and oxygen atoms in total. The third-order valence-electron chi connectivity index (χ3n) is 25.2. The number of amides is 2. The molecule has 0 spiro atoms. The molecule has 4 aliphatic heterocycles. The molecule has 2 amide bonds. The zero-order chi connectivity index (χ0) is 98.1. The Morgan fingerprint density at radius 1 is 0.664 bits per heavy atom. The van der Waals surface area contributed by atoms with E-state index in [1.807, 2.05) is 88.4 Å². The number of sulfone groups is 1. The number of piperidine rings is 1. The molecule has 2 aromatic carbocycles. The quantitative estimate of drug-likeness (QED) is 0.0156. The number of aliphatic hydroxyl groups excluding tert-OH is 1. The predicted molar refractivity (Wildman–Crippen MR) is 517 cm³/mol. The van der Waals surface area contributed by atoms with Crippen LogP contribution in [0.15, 0.2) is 107 Å². The minimum absolute atomic E-state index is 0.0237. The summed E-state index contributed by atoms with van der Waals surface area (Å²) in [6, 6.07) is 12.9. The predicted octanol–water partition coefficient (Wildman–Crippen LogP) is 14.1. The van der Waals surface area contributed by atoms with Gasteiger partial charge in [-0.15, -0.1) is 0 Å². The van der Waals surface area contributed by atoms with Crippen molar-refractivity contribution in [1.82, 2.24) is 14.8 Å². The number of aromatic nitrogens is 1. The van der Waals surface area contributed by atoms with Crippen LogP contribution in [0.1, 0.15) is 206 Å². The molecule has 134 heavy (non-hydrogen) atoms. The van der Waals surface area contributed by atoms with E-state index in [9.17, 15) is 47.4 Å². The number of pyridine rings is 1. The summed E-state index contributed by atoms with van der Waals surface area (Å²) < 4.78 is 116. The topological polar surface area (TPSA) is 370 Å². The second-order valence-electron chi connectivity index (χ2n) is 35.8. The number of esters is 1. The number of nitrogens with two attached hydrogens (primary N) is 1. The van der Waals surface area contributed by atoms with Gasteiger partial charge in [0.25, 0.3) is 17.6 Å². The lowest BCUT2D eigenvalue weighted by Gasteiger charge is -2.43. The molecule has 5 aliphatic rings. The Balaban J connectivity index is 0.000000372. The molecule has 1 aromatic heterocycles. The second kappa shape index (κ2) is 62.7. The largest absolute Gasteiger partial charge is 0.491 e. The fraction of sp³-hybridized carbons (Fsp3) is 0.686. The van der Waals surface area contributed by atoms with Gasteiger partial charge in [0, 0.05) is 148 Å². The zero-order valence-corrected chi connectivity index (χ0v) is 84.3. The van der Waals surface area contributed by atoms with Crippen LogP contribution in [0.4, 0.5) is 5.82 Å². The molecule has 16 atom stereocenters. The van der Waals surface area contributed by atoms with E-state index in [-0.39, 0.29) is 103 Å². The van der Waals surface area contributed by atoms with Gasteiger partial charge in [-0.3, -0.25) is 24.0 Å². The van der Waals surface area contributed by atoms with Crippen LogP contribution >= 0.6 is 12.2 Å². The van der Waals surface area contributed by atoms with E-state index in [1.165, 1.54) is 31.3 Å². The molecular weight excluding hydrogens is 1760 g/mol. The molecule has 0 radical (unpaired) electrons. The van der Waals surface area contributed by atoms with Crippen molar-refractivity contribution in [2.75, 3.05) is 166 Å². The summed E-state index contributed by atoms with van der Waals surface area (Å²) in [5.74, 6) is -5.91. The number of Topliss-reactive ketones (excluding diaryl/α,β-unsaturated/α-hetero) is 3. The number of carbonyl (C=O) groups excluding carboxylic acids is 6. The number of allylic oxidation sites excluding steroid dienone is 5. The van der Waals surface area contributed by atoms with Crippen LogP contribution in [-0.2, 0) is 111 Å². The smallest absolute Gasteiger partial charge is 0.329 e. The van der Waals surface area contributed by atoms with E-state index in [2.05, 4.69) is 25.8 Å². The highest BCUT2D eigenvalue weighted by molar-refractivity contribution is 7.91. The molecule has 4 N–H and O–H groups in total. The first-order valence-electron chi connectivity index (χ1n) is 48.1. The first-order chi connectivity index (χ1) is 64.3. The number of benzene rings is 2. The van der Waals surface area contributed by atoms with Gasteiger partial charge in [0.15, 0.2) is 20.7 Å². The molecule has 0 unspecified atom stereocenters. The second-order valence-corrected chi connectivity index (χ2v) is 38.3.